The second kappa shape index (κ2) is 7.44. The van der Waals surface area contributed by atoms with Gasteiger partial charge in [0.25, 0.3) is 0 Å². The minimum absolute atomic E-state index is 0.122. The van der Waals surface area contributed by atoms with Gasteiger partial charge in [0.05, 0.1) is 11.9 Å². The first-order valence-corrected chi connectivity index (χ1v) is 6.69. The standard InChI is InChI=1S/C14H24FN3/c1-4-11(3)18(5-2)9-8-13(16)14-7-6-12(15)10-17-14/h6-7,10-11,13H,4-5,8-9,16H2,1-3H3. The summed E-state index contributed by atoms with van der Waals surface area (Å²) >= 11 is 0. The van der Waals surface area contributed by atoms with Gasteiger partial charge in [-0.1, -0.05) is 13.8 Å². The molecule has 0 aliphatic rings. The van der Waals surface area contributed by atoms with Gasteiger partial charge in [0.1, 0.15) is 5.82 Å². The minimum atomic E-state index is -0.319. The molecule has 1 rings (SSSR count). The minimum Gasteiger partial charge on any atom is -0.323 e. The zero-order valence-electron chi connectivity index (χ0n) is 11.6. The molecule has 0 aliphatic heterocycles. The number of hydrogen-bond acceptors (Lipinski definition) is 3. The average Bonchev–Trinajstić information content (AvgIpc) is 2.39. The van der Waals surface area contributed by atoms with Crippen molar-refractivity contribution < 1.29 is 4.39 Å². The summed E-state index contributed by atoms with van der Waals surface area (Å²) in [6.45, 7) is 8.55. The molecule has 2 unspecified atom stereocenters. The highest BCUT2D eigenvalue weighted by Crippen LogP contribution is 2.13. The molecule has 2 N–H and O–H groups in total. The predicted molar refractivity (Wildman–Crippen MR) is 72.7 cm³/mol. The number of nitrogens with zero attached hydrogens (tertiary/aromatic N) is 2. The number of rotatable bonds is 7. The molecule has 0 saturated carbocycles. The molecule has 0 spiro atoms. The van der Waals surface area contributed by atoms with E-state index in [1.165, 1.54) is 12.3 Å². The van der Waals surface area contributed by atoms with Gasteiger partial charge in [0, 0.05) is 18.6 Å². The van der Waals surface area contributed by atoms with E-state index in [0.717, 1.165) is 31.6 Å². The largest absolute Gasteiger partial charge is 0.323 e. The molecule has 0 aliphatic carbocycles. The van der Waals surface area contributed by atoms with Crippen LogP contribution < -0.4 is 5.73 Å². The van der Waals surface area contributed by atoms with Crippen LogP contribution in [0.5, 0.6) is 0 Å². The highest BCUT2D eigenvalue weighted by Gasteiger charge is 2.13. The van der Waals surface area contributed by atoms with Crippen molar-refractivity contribution in [3.05, 3.63) is 29.8 Å². The first-order chi connectivity index (χ1) is 8.58. The highest BCUT2D eigenvalue weighted by atomic mass is 19.1. The molecule has 102 valence electrons. The van der Waals surface area contributed by atoms with Crippen molar-refractivity contribution in [2.45, 2.75) is 45.7 Å². The summed E-state index contributed by atoms with van der Waals surface area (Å²) < 4.78 is 12.8. The van der Waals surface area contributed by atoms with Crippen LogP contribution in [0.25, 0.3) is 0 Å². The second-order valence-electron chi connectivity index (χ2n) is 4.68. The third-order valence-electron chi connectivity index (χ3n) is 3.48. The summed E-state index contributed by atoms with van der Waals surface area (Å²) in [4.78, 5) is 6.43. The Morgan fingerprint density at radius 1 is 1.39 bits per heavy atom. The molecule has 0 aromatic carbocycles. The zero-order chi connectivity index (χ0) is 13.5. The van der Waals surface area contributed by atoms with Gasteiger partial charge in [-0.25, -0.2) is 4.39 Å². The molecule has 0 saturated heterocycles. The Kier molecular flexibility index (Phi) is 6.22. The molecule has 3 nitrogen and oxygen atoms in total. The van der Waals surface area contributed by atoms with Crippen molar-refractivity contribution in [2.75, 3.05) is 13.1 Å². The van der Waals surface area contributed by atoms with Crippen LogP contribution in [0, 0.1) is 5.82 Å². The fourth-order valence-corrected chi connectivity index (χ4v) is 2.01. The molecular weight excluding hydrogens is 229 g/mol. The van der Waals surface area contributed by atoms with E-state index in [-0.39, 0.29) is 11.9 Å². The fourth-order valence-electron chi connectivity index (χ4n) is 2.01. The summed E-state index contributed by atoms with van der Waals surface area (Å²) in [6, 6.07) is 3.53. The molecule has 2 atom stereocenters. The molecule has 1 heterocycles. The molecule has 1 aromatic heterocycles. The van der Waals surface area contributed by atoms with Crippen LogP contribution >= 0.6 is 0 Å². The molecule has 0 bridgehead atoms. The van der Waals surface area contributed by atoms with Crippen LogP contribution in [-0.2, 0) is 0 Å². The Balaban J connectivity index is 2.49. The summed E-state index contributed by atoms with van der Waals surface area (Å²) in [5, 5.41) is 0. The van der Waals surface area contributed by atoms with Gasteiger partial charge in [-0.3, -0.25) is 4.98 Å². The summed E-state index contributed by atoms with van der Waals surface area (Å²) in [5.74, 6) is -0.319. The maximum atomic E-state index is 12.8. The zero-order valence-corrected chi connectivity index (χ0v) is 11.6. The molecule has 1 aromatic rings. The Morgan fingerprint density at radius 2 is 2.11 bits per heavy atom. The Labute approximate surface area is 109 Å². The molecule has 18 heavy (non-hydrogen) atoms. The van der Waals surface area contributed by atoms with E-state index in [4.69, 9.17) is 5.73 Å². The van der Waals surface area contributed by atoms with Gasteiger partial charge >= 0.3 is 0 Å². The van der Waals surface area contributed by atoms with E-state index in [1.807, 2.05) is 0 Å². The van der Waals surface area contributed by atoms with E-state index in [2.05, 4.69) is 30.7 Å². The van der Waals surface area contributed by atoms with Crippen LogP contribution in [0.3, 0.4) is 0 Å². The molecule has 0 fully saturated rings. The predicted octanol–water partition coefficient (Wildman–Crippen LogP) is 2.73. The van der Waals surface area contributed by atoms with Crippen molar-refractivity contribution >= 4 is 0 Å². The number of nitrogens with two attached hydrogens (primary N) is 1. The first-order valence-electron chi connectivity index (χ1n) is 6.69. The van der Waals surface area contributed by atoms with E-state index < -0.39 is 0 Å². The molecule has 4 heteroatoms. The van der Waals surface area contributed by atoms with Gasteiger partial charge in [0.2, 0.25) is 0 Å². The topological polar surface area (TPSA) is 42.1 Å². The quantitative estimate of drug-likeness (QED) is 0.812. The number of aromatic nitrogens is 1. The smallest absolute Gasteiger partial charge is 0.141 e. The summed E-state index contributed by atoms with van der Waals surface area (Å²) in [5.41, 5.74) is 6.84. The lowest BCUT2D eigenvalue weighted by Crippen LogP contribution is -2.34. The van der Waals surface area contributed by atoms with Crippen molar-refractivity contribution in [2.24, 2.45) is 5.73 Å². The normalized spacial score (nSPS) is 14.8. The Bertz CT molecular complexity index is 339. The lowest BCUT2D eigenvalue weighted by molar-refractivity contribution is 0.207. The number of halogens is 1. The van der Waals surface area contributed by atoms with E-state index in [9.17, 15) is 4.39 Å². The van der Waals surface area contributed by atoms with Crippen LogP contribution in [0.1, 0.15) is 45.3 Å². The Hall–Kier alpha value is -1.00. The van der Waals surface area contributed by atoms with Crippen LogP contribution in [-0.4, -0.2) is 29.0 Å². The van der Waals surface area contributed by atoms with Crippen molar-refractivity contribution in [1.29, 1.82) is 0 Å². The van der Waals surface area contributed by atoms with Gasteiger partial charge in [0.15, 0.2) is 0 Å². The van der Waals surface area contributed by atoms with Crippen molar-refractivity contribution in [1.82, 2.24) is 9.88 Å². The highest BCUT2D eigenvalue weighted by molar-refractivity contribution is 5.09. The van der Waals surface area contributed by atoms with E-state index >= 15 is 0 Å². The lowest BCUT2D eigenvalue weighted by Gasteiger charge is -2.27. The first kappa shape index (κ1) is 15.1. The third kappa shape index (κ3) is 4.35. The van der Waals surface area contributed by atoms with Gasteiger partial charge in [-0.2, -0.15) is 0 Å². The average molecular weight is 253 g/mol. The van der Waals surface area contributed by atoms with Crippen molar-refractivity contribution in [3.8, 4) is 0 Å². The lowest BCUT2D eigenvalue weighted by atomic mass is 10.1. The van der Waals surface area contributed by atoms with E-state index in [1.54, 1.807) is 6.07 Å². The maximum absolute atomic E-state index is 12.8. The molecule has 0 radical (unpaired) electrons. The SMILES string of the molecule is CCC(C)N(CC)CCC(N)c1ccc(F)cn1. The maximum Gasteiger partial charge on any atom is 0.141 e. The van der Waals surface area contributed by atoms with Gasteiger partial charge in [-0.05, 0) is 38.4 Å². The third-order valence-corrected chi connectivity index (χ3v) is 3.48. The number of hydrogen-bond donors (Lipinski definition) is 1. The summed E-state index contributed by atoms with van der Waals surface area (Å²) in [7, 11) is 0. The van der Waals surface area contributed by atoms with Gasteiger partial charge in [-0.15, -0.1) is 0 Å². The van der Waals surface area contributed by atoms with E-state index in [0.29, 0.717) is 6.04 Å². The second-order valence-corrected chi connectivity index (χ2v) is 4.68. The summed E-state index contributed by atoms with van der Waals surface area (Å²) in [6.07, 6.45) is 3.20. The fraction of sp³-hybridized carbons (Fsp3) is 0.643. The van der Waals surface area contributed by atoms with Crippen molar-refractivity contribution in [3.63, 3.8) is 0 Å². The molecule has 0 amide bonds. The van der Waals surface area contributed by atoms with Crippen LogP contribution in [0.4, 0.5) is 4.39 Å². The van der Waals surface area contributed by atoms with Gasteiger partial charge < -0.3 is 10.6 Å². The Morgan fingerprint density at radius 3 is 2.61 bits per heavy atom. The van der Waals surface area contributed by atoms with Crippen LogP contribution in [0.2, 0.25) is 0 Å². The monoisotopic (exact) mass is 253 g/mol. The molecular formula is C14H24FN3. The number of pyridine rings is 1. The van der Waals surface area contributed by atoms with Crippen LogP contribution in [0.15, 0.2) is 18.3 Å².